The van der Waals surface area contributed by atoms with Crippen LogP contribution in [0.25, 0.3) is 0 Å². The van der Waals surface area contributed by atoms with Gasteiger partial charge in [0.25, 0.3) is 5.91 Å². The number of benzene rings is 1. The van der Waals surface area contributed by atoms with E-state index >= 15 is 0 Å². The minimum atomic E-state index is -4.00. The van der Waals surface area contributed by atoms with Gasteiger partial charge in [-0.3, -0.25) is 14.4 Å². The minimum absolute atomic E-state index is 0.00349. The van der Waals surface area contributed by atoms with Crippen LogP contribution >= 0.6 is 0 Å². The Kier molecular flexibility index (Phi) is 7.78. The van der Waals surface area contributed by atoms with Gasteiger partial charge in [0.15, 0.2) is 16.4 Å². The van der Waals surface area contributed by atoms with E-state index in [1.165, 1.54) is 50.2 Å². The zero-order valence-electron chi connectivity index (χ0n) is 17.4. The van der Waals surface area contributed by atoms with Gasteiger partial charge in [-0.1, -0.05) is 0 Å². The first-order valence-corrected chi connectivity index (χ1v) is 12.5. The lowest BCUT2D eigenvalue weighted by molar-refractivity contribution is -0.152. The molecule has 31 heavy (non-hydrogen) atoms. The molecule has 0 saturated carbocycles. The lowest BCUT2D eigenvalue weighted by Gasteiger charge is -2.23. The second-order valence-electron chi connectivity index (χ2n) is 7.19. The molecule has 1 aliphatic rings. The summed E-state index contributed by atoms with van der Waals surface area (Å²) in [5.74, 6) is -1.93. The van der Waals surface area contributed by atoms with E-state index in [0.717, 1.165) is 4.31 Å². The fraction of sp³-hybridized carbons (Fsp3) is 0.500. The topological polar surface area (TPSA) is 147 Å². The zero-order valence-corrected chi connectivity index (χ0v) is 19.0. The van der Waals surface area contributed by atoms with Crippen molar-refractivity contribution >= 4 is 43.3 Å². The standard InChI is InChI=1S/C18H25N3O8S2/c1-13(22)19-14-4-6-16(7-5-14)31(27,28)20(2)10-18(24)29-11-17(23)21(3)15-8-9-30(25,26)12-15/h4-7,15H,8-12H2,1-3H3,(H,19,22)/t15-/m1/s1. The molecule has 0 radical (unpaired) electrons. The van der Waals surface area contributed by atoms with Crippen LogP contribution in [-0.4, -0.2) is 88.6 Å². The van der Waals surface area contributed by atoms with Crippen molar-refractivity contribution in [2.24, 2.45) is 0 Å². The molecular formula is C18H25N3O8S2. The number of nitrogens with zero attached hydrogens (tertiary/aromatic N) is 2. The average Bonchev–Trinajstić information content (AvgIpc) is 3.05. The van der Waals surface area contributed by atoms with E-state index in [2.05, 4.69) is 5.32 Å². The Morgan fingerprint density at radius 2 is 1.77 bits per heavy atom. The number of carbonyl (C=O) groups is 3. The molecular weight excluding hydrogens is 450 g/mol. The third kappa shape index (κ3) is 6.74. The van der Waals surface area contributed by atoms with Crippen molar-refractivity contribution in [3.8, 4) is 0 Å². The van der Waals surface area contributed by atoms with E-state index in [1.54, 1.807) is 0 Å². The van der Waals surface area contributed by atoms with E-state index in [1.807, 2.05) is 0 Å². The molecule has 0 aliphatic carbocycles. The molecule has 1 aromatic rings. The smallest absolute Gasteiger partial charge is 0.321 e. The number of hydrogen-bond acceptors (Lipinski definition) is 8. The molecule has 0 bridgehead atoms. The highest BCUT2D eigenvalue weighted by Crippen LogP contribution is 2.18. The molecule has 2 amide bonds. The van der Waals surface area contributed by atoms with E-state index in [0.29, 0.717) is 12.1 Å². The molecule has 1 aliphatic heterocycles. The highest BCUT2D eigenvalue weighted by Gasteiger charge is 2.33. The van der Waals surface area contributed by atoms with Crippen molar-refractivity contribution in [2.45, 2.75) is 24.3 Å². The Morgan fingerprint density at radius 1 is 1.16 bits per heavy atom. The SMILES string of the molecule is CC(=O)Nc1ccc(S(=O)(=O)N(C)CC(=O)OCC(=O)N(C)[C@@H]2CCS(=O)(=O)C2)cc1. The van der Waals surface area contributed by atoms with Gasteiger partial charge < -0.3 is 15.0 Å². The first-order chi connectivity index (χ1) is 14.3. The Morgan fingerprint density at radius 3 is 2.29 bits per heavy atom. The molecule has 1 fully saturated rings. The zero-order chi connectivity index (χ0) is 23.4. The average molecular weight is 476 g/mol. The number of nitrogens with one attached hydrogen (secondary N) is 1. The maximum Gasteiger partial charge on any atom is 0.321 e. The van der Waals surface area contributed by atoms with Crippen LogP contribution in [0.4, 0.5) is 5.69 Å². The summed E-state index contributed by atoms with van der Waals surface area (Å²) in [6.07, 6.45) is 0.320. The van der Waals surface area contributed by atoms with Crippen molar-refractivity contribution in [1.82, 2.24) is 9.21 Å². The summed E-state index contributed by atoms with van der Waals surface area (Å²) in [6.45, 7) is 0.0813. The first kappa shape index (κ1) is 24.8. The predicted octanol–water partition coefficient (Wildman–Crippen LogP) is -0.546. The van der Waals surface area contributed by atoms with Gasteiger partial charge in [-0.15, -0.1) is 0 Å². The number of rotatable bonds is 8. The first-order valence-electron chi connectivity index (χ1n) is 9.27. The van der Waals surface area contributed by atoms with Gasteiger partial charge in [0.1, 0.15) is 6.54 Å². The van der Waals surface area contributed by atoms with E-state index in [4.69, 9.17) is 4.74 Å². The highest BCUT2D eigenvalue weighted by atomic mass is 32.2. The van der Waals surface area contributed by atoms with Gasteiger partial charge in [-0.2, -0.15) is 4.31 Å². The monoisotopic (exact) mass is 475 g/mol. The normalized spacial score (nSPS) is 17.9. The van der Waals surface area contributed by atoms with Gasteiger partial charge in [0.2, 0.25) is 15.9 Å². The van der Waals surface area contributed by atoms with Crippen molar-refractivity contribution in [1.29, 1.82) is 0 Å². The number of sulfone groups is 1. The van der Waals surface area contributed by atoms with E-state index < -0.39 is 50.9 Å². The van der Waals surface area contributed by atoms with Gasteiger partial charge >= 0.3 is 5.97 Å². The number of amides is 2. The maximum absolute atomic E-state index is 12.6. The summed E-state index contributed by atoms with van der Waals surface area (Å²) in [7, 11) is -4.55. The molecule has 1 heterocycles. The molecule has 0 aromatic heterocycles. The highest BCUT2D eigenvalue weighted by molar-refractivity contribution is 7.91. The van der Waals surface area contributed by atoms with Gasteiger partial charge in [-0.05, 0) is 30.7 Å². The quantitative estimate of drug-likeness (QED) is 0.493. The van der Waals surface area contributed by atoms with Crippen LogP contribution in [0, 0.1) is 0 Å². The summed E-state index contributed by atoms with van der Waals surface area (Å²) in [6, 6.07) is 4.93. The van der Waals surface area contributed by atoms with Crippen molar-refractivity contribution < 1.29 is 36.0 Å². The Labute approximate surface area is 181 Å². The fourth-order valence-electron chi connectivity index (χ4n) is 2.93. The number of carbonyl (C=O) groups excluding carboxylic acids is 3. The van der Waals surface area contributed by atoms with Gasteiger partial charge in [-0.25, -0.2) is 16.8 Å². The second-order valence-corrected chi connectivity index (χ2v) is 11.5. The van der Waals surface area contributed by atoms with Crippen LogP contribution in [0.5, 0.6) is 0 Å². The molecule has 1 saturated heterocycles. The Balaban J connectivity index is 1.89. The van der Waals surface area contributed by atoms with Crippen LogP contribution < -0.4 is 5.32 Å². The predicted molar refractivity (Wildman–Crippen MR) is 111 cm³/mol. The number of esters is 1. The number of hydrogen-bond donors (Lipinski definition) is 1. The molecule has 13 heteroatoms. The van der Waals surface area contributed by atoms with Gasteiger partial charge in [0.05, 0.1) is 16.4 Å². The summed E-state index contributed by atoms with van der Waals surface area (Å²) < 4.78 is 53.9. The number of ether oxygens (including phenoxy) is 1. The number of anilines is 1. The van der Waals surface area contributed by atoms with Crippen LogP contribution in [-0.2, 0) is 39.0 Å². The summed E-state index contributed by atoms with van der Waals surface area (Å²) >= 11 is 0. The van der Waals surface area contributed by atoms with Crippen LogP contribution in [0.3, 0.4) is 0 Å². The van der Waals surface area contributed by atoms with E-state index in [9.17, 15) is 31.2 Å². The van der Waals surface area contributed by atoms with Crippen molar-refractivity contribution in [3.63, 3.8) is 0 Å². The molecule has 0 spiro atoms. The van der Waals surface area contributed by atoms with Crippen molar-refractivity contribution in [3.05, 3.63) is 24.3 Å². The second kappa shape index (κ2) is 9.75. The maximum atomic E-state index is 12.6. The molecule has 1 N–H and O–H groups in total. The molecule has 0 unspecified atom stereocenters. The fourth-order valence-corrected chi connectivity index (χ4v) is 5.82. The lowest BCUT2D eigenvalue weighted by Crippen LogP contribution is -2.41. The Hall–Kier alpha value is -2.51. The molecule has 172 valence electrons. The van der Waals surface area contributed by atoms with Crippen molar-refractivity contribution in [2.75, 3.05) is 44.1 Å². The largest absolute Gasteiger partial charge is 0.455 e. The van der Waals surface area contributed by atoms with Crippen LogP contribution in [0.1, 0.15) is 13.3 Å². The summed E-state index contributed by atoms with van der Waals surface area (Å²) in [5.41, 5.74) is 0.422. The number of likely N-dealkylation sites (N-methyl/N-ethyl adjacent to an activating group) is 2. The van der Waals surface area contributed by atoms with Gasteiger partial charge in [0, 0.05) is 32.7 Å². The van der Waals surface area contributed by atoms with E-state index in [-0.39, 0.29) is 22.3 Å². The summed E-state index contributed by atoms with van der Waals surface area (Å²) in [5, 5.41) is 2.52. The summed E-state index contributed by atoms with van der Waals surface area (Å²) in [4.78, 5) is 36.3. The van der Waals surface area contributed by atoms with Crippen LogP contribution in [0.15, 0.2) is 29.2 Å². The number of sulfonamides is 1. The lowest BCUT2D eigenvalue weighted by atomic mass is 10.2. The molecule has 2 rings (SSSR count). The molecule has 1 aromatic carbocycles. The Bertz CT molecular complexity index is 1050. The molecule has 11 nitrogen and oxygen atoms in total. The third-order valence-electron chi connectivity index (χ3n) is 4.74. The molecule has 1 atom stereocenters. The van der Waals surface area contributed by atoms with Crippen LogP contribution in [0.2, 0.25) is 0 Å². The minimum Gasteiger partial charge on any atom is -0.455 e. The third-order valence-corrected chi connectivity index (χ3v) is 8.31.